The Morgan fingerprint density at radius 1 is 0.385 bits per heavy atom. The quantitative estimate of drug-likeness (QED) is 0.0801. The van der Waals surface area contributed by atoms with Gasteiger partial charge >= 0.3 is 0 Å². The Hall–Kier alpha value is -4.60. The van der Waals surface area contributed by atoms with Crippen molar-refractivity contribution in [3.63, 3.8) is 0 Å². The molecular formula is C45H48O7. The Labute approximate surface area is 307 Å². The van der Waals surface area contributed by atoms with Gasteiger partial charge < -0.3 is 33.2 Å². The maximum absolute atomic E-state index is 6.92. The van der Waals surface area contributed by atoms with Gasteiger partial charge in [-0.05, 0) is 39.9 Å². The lowest BCUT2D eigenvalue weighted by Crippen LogP contribution is -2.67. The number of hydrogen-bond donors (Lipinski definition) is 0. The van der Waals surface area contributed by atoms with Crippen molar-refractivity contribution in [2.75, 3.05) is 13.7 Å². The van der Waals surface area contributed by atoms with E-state index < -0.39 is 36.6 Å². The van der Waals surface area contributed by atoms with Crippen LogP contribution in [0.25, 0.3) is 0 Å². The highest BCUT2D eigenvalue weighted by Gasteiger charge is 2.55. The highest BCUT2D eigenvalue weighted by molar-refractivity contribution is 5.27. The van der Waals surface area contributed by atoms with Crippen LogP contribution in [0, 0.1) is 0 Å². The molecule has 0 amide bonds. The molecule has 1 saturated carbocycles. The molecule has 0 N–H and O–H groups in total. The van der Waals surface area contributed by atoms with E-state index in [0.717, 1.165) is 33.6 Å². The van der Waals surface area contributed by atoms with E-state index in [1.165, 1.54) is 0 Å². The van der Waals surface area contributed by atoms with Gasteiger partial charge in [-0.1, -0.05) is 140 Å². The SMILES string of the molecule is C=CCO[C@@H]1[C@H](OCc2ccc(OC)cc2)[C@H](OCc2ccccc2)[C@@H](OCc2ccccc2)[C@H](OCc2ccccc2)[C@H]1OCc1ccccc1. The van der Waals surface area contributed by atoms with E-state index in [-0.39, 0.29) is 6.61 Å². The second-order valence-corrected chi connectivity index (χ2v) is 12.8. The number of hydrogen-bond acceptors (Lipinski definition) is 7. The van der Waals surface area contributed by atoms with Crippen LogP contribution in [0.2, 0.25) is 0 Å². The number of methoxy groups -OCH3 is 1. The van der Waals surface area contributed by atoms with Gasteiger partial charge in [0, 0.05) is 0 Å². The van der Waals surface area contributed by atoms with Gasteiger partial charge in [0.25, 0.3) is 0 Å². The molecule has 0 aliphatic heterocycles. The summed E-state index contributed by atoms with van der Waals surface area (Å²) in [5.74, 6) is 0.778. The van der Waals surface area contributed by atoms with Crippen molar-refractivity contribution in [2.45, 2.75) is 69.7 Å². The van der Waals surface area contributed by atoms with Gasteiger partial charge in [0.15, 0.2) is 0 Å². The molecule has 5 aromatic rings. The maximum atomic E-state index is 6.92. The molecule has 6 atom stereocenters. The molecule has 0 unspecified atom stereocenters. The number of benzene rings is 5. The Morgan fingerprint density at radius 3 is 0.923 bits per heavy atom. The van der Waals surface area contributed by atoms with Crippen molar-refractivity contribution in [1.82, 2.24) is 0 Å². The van der Waals surface area contributed by atoms with E-state index in [1.54, 1.807) is 13.2 Å². The van der Waals surface area contributed by atoms with E-state index in [4.69, 9.17) is 33.2 Å². The van der Waals surface area contributed by atoms with Crippen molar-refractivity contribution < 1.29 is 33.2 Å². The van der Waals surface area contributed by atoms with E-state index in [1.807, 2.05) is 97.1 Å². The minimum Gasteiger partial charge on any atom is -0.497 e. The lowest BCUT2D eigenvalue weighted by molar-refractivity contribution is -0.289. The minimum atomic E-state index is -0.608. The molecule has 0 aromatic heterocycles. The second-order valence-electron chi connectivity index (χ2n) is 12.8. The van der Waals surface area contributed by atoms with Gasteiger partial charge in [0.2, 0.25) is 0 Å². The third-order valence-electron chi connectivity index (χ3n) is 9.09. The summed E-state index contributed by atoms with van der Waals surface area (Å²) in [5.41, 5.74) is 5.12. The lowest BCUT2D eigenvalue weighted by atomic mass is 9.83. The summed E-state index contributed by atoms with van der Waals surface area (Å²) >= 11 is 0. The van der Waals surface area contributed by atoms with Crippen LogP contribution in [0.5, 0.6) is 5.75 Å². The zero-order valence-electron chi connectivity index (χ0n) is 29.7. The van der Waals surface area contributed by atoms with Crippen LogP contribution in [0.3, 0.4) is 0 Å². The molecule has 7 nitrogen and oxygen atoms in total. The largest absolute Gasteiger partial charge is 0.497 e. The molecule has 5 aromatic carbocycles. The fraction of sp³-hybridized carbons (Fsp3) is 0.289. The Kier molecular flexibility index (Phi) is 14.2. The van der Waals surface area contributed by atoms with Gasteiger partial charge in [-0.25, -0.2) is 0 Å². The summed E-state index contributed by atoms with van der Waals surface area (Å²) in [6.45, 7) is 5.92. The average Bonchev–Trinajstić information content (AvgIpc) is 3.21. The summed E-state index contributed by atoms with van der Waals surface area (Å²) < 4.78 is 46.5. The molecule has 52 heavy (non-hydrogen) atoms. The van der Waals surface area contributed by atoms with Crippen LogP contribution in [-0.2, 0) is 61.5 Å². The molecular weight excluding hydrogens is 652 g/mol. The van der Waals surface area contributed by atoms with Gasteiger partial charge in [-0.15, -0.1) is 6.58 Å². The molecule has 0 radical (unpaired) electrons. The number of ether oxygens (including phenoxy) is 7. The van der Waals surface area contributed by atoms with Gasteiger partial charge in [-0.3, -0.25) is 0 Å². The Balaban J connectivity index is 1.40. The average molecular weight is 701 g/mol. The first-order valence-corrected chi connectivity index (χ1v) is 17.8. The van der Waals surface area contributed by atoms with Crippen molar-refractivity contribution in [3.8, 4) is 5.75 Å². The maximum Gasteiger partial charge on any atom is 0.118 e. The van der Waals surface area contributed by atoms with E-state index in [2.05, 4.69) is 55.1 Å². The molecule has 1 aliphatic rings. The van der Waals surface area contributed by atoms with Crippen LogP contribution in [0.1, 0.15) is 27.8 Å². The van der Waals surface area contributed by atoms with Crippen LogP contribution >= 0.6 is 0 Å². The fourth-order valence-corrected chi connectivity index (χ4v) is 6.42. The van der Waals surface area contributed by atoms with Gasteiger partial charge in [0.1, 0.15) is 42.4 Å². The summed E-state index contributed by atoms with van der Waals surface area (Å²) in [6.07, 6.45) is -1.85. The standard InChI is InChI=1S/C45H48O7/c1-3-28-47-40-41(48-29-34-16-8-4-9-17-34)43(49-30-35-18-10-5-11-19-35)45(51-32-37-22-14-7-15-23-37)44(50-31-36-20-12-6-13-21-36)42(40)52-33-38-24-26-39(46-2)27-25-38/h3-27,40-45H,1,28-33H2,2H3/t40-,41-,42-,43+,44-,45-/m0/s1. The summed E-state index contributed by atoms with van der Waals surface area (Å²) in [6, 6.07) is 48.4. The van der Waals surface area contributed by atoms with Crippen LogP contribution in [0.4, 0.5) is 0 Å². The monoisotopic (exact) mass is 700 g/mol. The van der Waals surface area contributed by atoms with Crippen LogP contribution in [0.15, 0.2) is 158 Å². The highest BCUT2D eigenvalue weighted by Crippen LogP contribution is 2.36. The Bertz CT molecular complexity index is 1720. The van der Waals surface area contributed by atoms with Gasteiger partial charge in [0.05, 0.1) is 46.8 Å². The van der Waals surface area contributed by atoms with Crippen LogP contribution in [-0.4, -0.2) is 50.3 Å². The zero-order valence-corrected chi connectivity index (χ0v) is 29.7. The van der Waals surface area contributed by atoms with Crippen molar-refractivity contribution >= 4 is 0 Å². The first kappa shape index (κ1) is 37.2. The second kappa shape index (κ2) is 19.9. The third-order valence-corrected chi connectivity index (χ3v) is 9.09. The molecule has 7 heteroatoms. The van der Waals surface area contributed by atoms with Crippen molar-refractivity contribution in [3.05, 3.63) is 186 Å². The normalized spacial score (nSPS) is 21.4. The molecule has 270 valence electrons. The first-order chi connectivity index (χ1) is 25.7. The smallest absolute Gasteiger partial charge is 0.118 e. The summed E-state index contributed by atoms with van der Waals surface area (Å²) in [5, 5.41) is 0. The lowest BCUT2D eigenvalue weighted by Gasteiger charge is -2.49. The van der Waals surface area contributed by atoms with E-state index >= 15 is 0 Å². The van der Waals surface area contributed by atoms with Crippen molar-refractivity contribution in [2.24, 2.45) is 0 Å². The fourth-order valence-electron chi connectivity index (χ4n) is 6.42. The predicted octanol–water partition coefficient (Wildman–Crippen LogP) is 8.51. The molecule has 1 aliphatic carbocycles. The molecule has 1 fully saturated rings. The third kappa shape index (κ3) is 10.5. The summed E-state index contributed by atoms with van der Waals surface area (Å²) in [4.78, 5) is 0. The molecule has 0 heterocycles. The van der Waals surface area contributed by atoms with Gasteiger partial charge in [-0.2, -0.15) is 0 Å². The molecule has 0 saturated heterocycles. The van der Waals surface area contributed by atoms with E-state index in [9.17, 15) is 0 Å². The molecule has 6 rings (SSSR count). The van der Waals surface area contributed by atoms with Crippen LogP contribution < -0.4 is 4.74 Å². The molecule has 0 bridgehead atoms. The topological polar surface area (TPSA) is 64.6 Å². The summed E-state index contributed by atoms with van der Waals surface area (Å²) in [7, 11) is 1.66. The Morgan fingerprint density at radius 2 is 0.654 bits per heavy atom. The highest BCUT2D eigenvalue weighted by atomic mass is 16.6. The zero-order chi connectivity index (χ0) is 35.8. The van der Waals surface area contributed by atoms with Crippen molar-refractivity contribution in [1.29, 1.82) is 0 Å². The number of rotatable bonds is 19. The first-order valence-electron chi connectivity index (χ1n) is 17.8. The predicted molar refractivity (Wildman–Crippen MR) is 202 cm³/mol. The molecule has 0 spiro atoms. The minimum absolute atomic E-state index is 0.282. The van der Waals surface area contributed by atoms with E-state index in [0.29, 0.717) is 33.0 Å².